The summed E-state index contributed by atoms with van der Waals surface area (Å²) in [5, 5.41) is 9.11. The Labute approximate surface area is 248 Å². The number of hydrogen-bond acceptors (Lipinski definition) is 6. The van der Waals surface area contributed by atoms with Gasteiger partial charge in [-0.15, -0.1) is 0 Å². The second kappa shape index (κ2) is 14.6. The fraction of sp³-hybridized carbons (Fsp3) is 0.533. The van der Waals surface area contributed by atoms with Gasteiger partial charge in [-0.25, -0.2) is 4.21 Å². The van der Waals surface area contributed by atoms with Gasteiger partial charge < -0.3 is 20.9 Å². The molecule has 0 bridgehead atoms. The van der Waals surface area contributed by atoms with Gasteiger partial charge in [0.2, 0.25) is 11.8 Å². The molecule has 3 rings (SSSR count). The molecule has 1 heterocycles. The monoisotopic (exact) mass is 610 g/mol. The maximum absolute atomic E-state index is 14.0. The highest BCUT2D eigenvalue weighted by atomic mass is 32.2. The van der Waals surface area contributed by atoms with Crippen molar-refractivity contribution in [3.8, 4) is 0 Å². The Bertz CT molecular complexity index is 1220. The Kier molecular flexibility index (Phi) is 11.7. The van der Waals surface area contributed by atoms with E-state index in [1.807, 2.05) is 51.1 Å². The molecule has 3 N–H and O–H groups in total. The van der Waals surface area contributed by atoms with Crippen molar-refractivity contribution in [1.82, 2.24) is 20.9 Å². The predicted molar refractivity (Wildman–Crippen MR) is 156 cm³/mol. The summed E-state index contributed by atoms with van der Waals surface area (Å²) < 4.78 is 58.7. The molecule has 1 saturated heterocycles. The second-order valence-corrected chi connectivity index (χ2v) is 12.7. The minimum absolute atomic E-state index is 0.105. The zero-order valence-corrected chi connectivity index (χ0v) is 25.5. The highest BCUT2D eigenvalue weighted by molar-refractivity contribution is 7.80. The molecule has 0 radical (unpaired) electrons. The molecule has 1 fully saturated rings. The van der Waals surface area contributed by atoms with E-state index < -0.39 is 52.5 Å². The zero-order valence-electron chi connectivity index (χ0n) is 24.7. The van der Waals surface area contributed by atoms with E-state index in [1.54, 1.807) is 18.9 Å². The van der Waals surface area contributed by atoms with E-state index in [-0.39, 0.29) is 23.3 Å². The first-order valence-electron chi connectivity index (χ1n) is 14.0. The Balaban J connectivity index is 1.81. The molecule has 1 aliphatic rings. The maximum Gasteiger partial charge on any atom is 0.416 e. The first-order valence-corrected chi connectivity index (χ1v) is 15.1. The summed E-state index contributed by atoms with van der Waals surface area (Å²) in [7, 11) is 1.65. The molecule has 5 atom stereocenters. The number of likely N-dealkylation sites (N-methyl/N-ethyl adjacent to an activating group) is 1. The number of benzene rings is 2. The molecule has 12 heteroatoms. The molecular weight excluding hydrogens is 569 g/mol. The number of nitrogens with one attached hydrogen (secondary N) is 3. The van der Waals surface area contributed by atoms with Gasteiger partial charge in [0.05, 0.1) is 28.6 Å². The smallest absolute Gasteiger partial charge is 0.342 e. The molecule has 0 aliphatic carbocycles. The molecular formula is C30H41F3N4O4S. The van der Waals surface area contributed by atoms with Crippen LogP contribution in [0.15, 0.2) is 59.5 Å². The van der Waals surface area contributed by atoms with E-state index in [4.69, 9.17) is 4.18 Å². The third kappa shape index (κ3) is 9.10. The number of hydrogen-bond donors (Lipinski definition) is 3. The molecule has 2 aromatic rings. The molecule has 8 nitrogen and oxygen atoms in total. The van der Waals surface area contributed by atoms with Crippen molar-refractivity contribution < 1.29 is 31.2 Å². The van der Waals surface area contributed by atoms with Crippen LogP contribution in [0.25, 0.3) is 0 Å². The predicted octanol–water partition coefficient (Wildman–Crippen LogP) is 3.69. The lowest BCUT2D eigenvalue weighted by Gasteiger charge is -2.37. The summed E-state index contributed by atoms with van der Waals surface area (Å²) in [6.07, 6.45) is -4.22. The van der Waals surface area contributed by atoms with Gasteiger partial charge in [-0.05, 0) is 62.5 Å². The van der Waals surface area contributed by atoms with Gasteiger partial charge in [-0.1, -0.05) is 57.2 Å². The summed E-state index contributed by atoms with van der Waals surface area (Å²) in [5.41, 5.74) is -0.401. The minimum atomic E-state index is -4.58. The summed E-state index contributed by atoms with van der Waals surface area (Å²) in [6.45, 7) is 8.46. The van der Waals surface area contributed by atoms with Crippen molar-refractivity contribution in [3.63, 3.8) is 0 Å². The number of carbonyl (C=O) groups excluding carboxylic acids is 2. The van der Waals surface area contributed by atoms with Crippen molar-refractivity contribution in [3.05, 3.63) is 65.7 Å². The van der Waals surface area contributed by atoms with Gasteiger partial charge in [-0.2, -0.15) is 13.2 Å². The molecule has 2 aromatic carbocycles. The van der Waals surface area contributed by atoms with E-state index in [9.17, 15) is 27.0 Å². The van der Waals surface area contributed by atoms with Crippen LogP contribution in [0.5, 0.6) is 0 Å². The second-order valence-electron chi connectivity index (χ2n) is 11.5. The van der Waals surface area contributed by atoms with Crippen molar-refractivity contribution in [2.75, 3.05) is 26.7 Å². The third-order valence-corrected chi connectivity index (χ3v) is 8.41. The third-order valence-electron chi connectivity index (χ3n) is 7.34. The first-order chi connectivity index (χ1) is 19.7. The molecule has 2 amide bonds. The average molecular weight is 611 g/mol. The van der Waals surface area contributed by atoms with Gasteiger partial charge in [0.25, 0.3) is 0 Å². The van der Waals surface area contributed by atoms with E-state index in [0.717, 1.165) is 24.1 Å². The molecule has 232 valence electrons. The van der Waals surface area contributed by atoms with Crippen LogP contribution in [0.1, 0.15) is 45.2 Å². The Morgan fingerprint density at radius 3 is 2.40 bits per heavy atom. The van der Waals surface area contributed by atoms with Crippen LogP contribution in [0.2, 0.25) is 0 Å². The summed E-state index contributed by atoms with van der Waals surface area (Å²) >= 11 is -2.19. The molecule has 0 saturated carbocycles. The lowest BCUT2D eigenvalue weighted by atomic mass is 9.85. The SMILES string of the molecule is CN[C@@H](C)C(=O)N[C@H](C(=O)N1CCC(OS(=O)c2cccc(C(F)(F)F)c2)[C@H]1CNCCc1ccccc1)C(C)(C)C. The Hall–Kier alpha value is -2.80. The van der Waals surface area contributed by atoms with E-state index in [0.29, 0.717) is 19.5 Å². The first kappa shape index (κ1) is 33.7. The minimum Gasteiger partial charge on any atom is -0.342 e. The fourth-order valence-electron chi connectivity index (χ4n) is 4.74. The summed E-state index contributed by atoms with van der Waals surface area (Å²) in [5.74, 6) is -0.620. The van der Waals surface area contributed by atoms with E-state index >= 15 is 0 Å². The number of likely N-dealkylation sites (tertiary alicyclic amines) is 1. The number of halogens is 3. The van der Waals surface area contributed by atoms with Gasteiger partial charge in [0.15, 0.2) is 11.1 Å². The van der Waals surface area contributed by atoms with E-state index in [1.165, 1.54) is 12.1 Å². The zero-order chi connectivity index (χ0) is 31.1. The molecule has 0 aromatic heterocycles. The largest absolute Gasteiger partial charge is 0.416 e. The molecule has 42 heavy (non-hydrogen) atoms. The van der Waals surface area contributed by atoms with Crippen LogP contribution in [0, 0.1) is 5.41 Å². The van der Waals surface area contributed by atoms with Crippen molar-refractivity contribution >= 4 is 22.9 Å². The highest BCUT2D eigenvalue weighted by Gasteiger charge is 2.44. The van der Waals surface area contributed by atoms with Gasteiger partial charge in [-0.3, -0.25) is 13.8 Å². The van der Waals surface area contributed by atoms with Crippen molar-refractivity contribution in [2.45, 2.75) is 75.8 Å². The number of amides is 2. The Morgan fingerprint density at radius 1 is 1.10 bits per heavy atom. The van der Waals surface area contributed by atoms with Gasteiger partial charge >= 0.3 is 6.18 Å². The summed E-state index contributed by atoms with van der Waals surface area (Å²) in [6, 6.07) is 12.2. The topological polar surface area (TPSA) is 99.8 Å². The lowest BCUT2D eigenvalue weighted by molar-refractivity contribution is -0.141. The number of nitrogens with zero attached hydrogens (tertiary/aromatic N) is 1. The van der Waals surface area contributed by atoms with Crippen LogP contribution in [0.4, 0.5) is 13.2 Å². The average Bonchev–Trinajstić information content (AvgIpc) is 3.34. The number of rotatable bonds is 12. The molecule has 2 unspecified atom stereocenters. The maximum atomic E-state index is 14.0. The summed E-state index contributed by atoms with van der Waals surface area (Å²) in [4.78, 5) is 28.2. The lowest BCUT2D eigenvalue weighted by Crippen LogP contribution is -2.59. The van der Waals surface area contributed by atoms with Crippen LogP contribution >= 0.6 is 0 Å². The fourth-order valence-corrected chi connectivity index (χ4v) is 5.71. The highest BCUT2D eigenvalue weighted by Crippen LogP contribution is 2.32. The molecule has 0 spiro atoms. The van der Waals surface area contributed by atoms with Gasteiger partial charge in [0.1, 0.15) is 6.04 Å². The van der Waals surface area contributed by atoms with Gasteiger partial charge in [0, 0.05) is 13.1 Å². The normalized spacial score (nSPS) is 19.8. The van der Waals surface area contributed by atoms with Crippen molar-refractivity contribution in [2.24, 2.45) is 5.41 Å². The van der Waals surface area contributed by atoms with Crippen LogP contribution < -0.4 is 16.0 Å². The standard InChI is InChI=1S/C30H41F3N4O4S/c1-20(34-5)27(38)36-26(29(2,3)4)28(39)37-17-15-25(24(37)19-35-16-14-21-10-7-6-8-11-21)41-42(40)23-13-9-12-22(18-23)30(31,32)33/h6-13,18,20,24-26,34-35H,14-17,19H2,1-5H3,(H,36,38)/t20-,24+,25?,26+,42?/m0/s1. The van der Waals surface area contributed by atoms with E-state index in [2.05, 4.69) is 16.0 Å². The van der Waals surface area contributed by atoms with Crippen molar-refractivity contribution in [1.29, 1.82) is 0 Å². The van der Waals surface area contributed by atoms with Crippen LogP contribution in [-0.2, 0) is 37.4 Å². The quantitative estimate of drug-likeness (QED) is 0.317. The van der Waals surface area contributed by atoms with Crippen LogP contribution in [-0.4, -0.2) is 71.8 Å². The number of carbonyl (C=O) groups is 2. The molecule has 1 aliphatic heterocycles. The van der Waals surface area contributed by atoms with Crippen LogP contribution in [0.3, 0.4) is 0 Å². The Morgan fingerprint density at radius 2 is 1.79 bits per heavy atom. The number of alkyl halides is 3.